The maximum atomic E-state index is 13.9. The van der Waals surface area contributed by atoms with Crippen LogP contribution in [-0.4, -0.2) is 72.8 Å². The van der Waals surface area contributed by atoms with Gasteiger partial charge in [0.1, 0.15) is 6.61 Å². The lowest BCUT2D eigenvalue weighted by Crippen LogP contribution is -2.67. The summed E-state index contributed by atoms with van der Waals surface area (Å²) in [5.41, 5.74) is 0. The van der Waals surface area contributed by atoms with E-state index >= 15 is 0 Å². The number of ether oxygens (including phenoxy) is 3. The summed E-state index contributed by atoms with van der Waals surface area (Å²) in [5.74, 6) is -22.0. The fourth-order valence-corrected chi connectivity index (χ4v) is 1.49. The molecule has 21 heteroatoms. The lowest BCUT2D eigenvalue weighted by Gasteiger charge is -2.40. The molecule has 0 aliphatic rings. The molecular formula is C12H9F17O4. The first kappa shape index (κ1) is 31.6. The average Bonchev–Trinajstić information content (AvgIpc) is 2.49. The van der Waals surface area contributed by atoms with Gasteiger partial charge in [-0.25, -0.2) is 0 Å². The fourth-order valence-electron chi connectivity index (χ4n) is 1.49. The Balaban J connectivity index is 6.46. The van der Waals surface area contributed by atoms with Crippen molar-refractivity contribution in [1.82, 2.24) is 0 Å². The van der Waals surface area contributed by atoms with Crippen LogP contribution in [0.2, 0.25) is 0 Å². The maximum Gasteiger partial charge on any atom is 0.462 e. The Labute approximate surface area is 170 Å². The fraction of sp³-hybridized carbons (Fsp3) is 1.00. The molecule has 3 unspecified atom stereocenters. The summed E-state index contributed by atoms with van der Waals surface area (Å²) in [4.78, 5) is 0. The summed E-state index contributed by atoms with van der Waals surface area (Å²) in [7, 11) is 0. The van der Waals surface area contributed by atoms with E-state index < -0.39 is 67.7 Å². The van der Waals surface area contributed by atoms with Crippen molar-refractivity contribution in [2.45, 2.75) is 61.4 Å². The van der Waals surface area contributed by atoms with Gasteiger partial charge in [0.2, 0.25) is 0 Å². The lowest BCUT2D eigenvalue weighted by molar-refractivity contribution is -0.553. The zero-order valence-corrected chi connectivity index (χ0v) is 15.1. The van der Waals surface area contributed by atoms with Crippen molar-refractivity contribution in [2.75, 3.05) is 13.2 Å². The minimum absolute atomic E-state index is 0.732. The second kappa shape index (κ2) is 9.02. The standard InChI is InChI=1S/C12H9F17O4/c1-4(30)2-31-3-5(13,8(17,18)19)32-12(28,29)7(16,10(23,24)25)33-11(26,27)6(14,15)9(20,21)22/h4,30H,2-3H2,1H3. The third-order valence-electron chi connectivity index (χ3n) is 3.09. The van der Waals surface area contributed by atoms with Crippen molar-refractivity contribution >= 4 is 0 Å². The lowest BCUT2D eigenvalue weighted by atomic mass is 10.2. The van der Waals surface area contributed by atoms with E-state index in [2.05, 4.69) is 4.74 Å². The van der Waals surface area contributed by atoms with Crippen molar-refractivity contribution in [1.29, 1.82) is 0 Å². The highest BCUT2D eigenvalue weighted by atomic mass is 19.4. The largest absolute Gasteiger partial charge is 0.462 e. The van der Waals surface area contributed by atoms with Crippen molar-refractivity contribution in [3.05, 3.63) is 0 Å². The Morgan fingerprint density at radius 1 is 0.606 bits per heavy atom. The van der Waals surface area contributed by atoms with Gasteiger partial charge in [-0.2, -0.15) is 74.6 Å². The number of aliphatic hydroxyl groups is 1. The number of alkyl halides is 17. The van der Waals surface area contributed by atoms with Crippen LogP contribution in [0.1, 0.15) is 6.92 Å². The van der Waals surface area contributed by atoms with Gasteiger partial charge in [0.05, 0.1) is 12.7 Å². The SMILES string of the molecule is CC(O)COCC(F)(OC(F)(F)C(F)(OC(F)(F)C(F)(F)C(F)(F)F)C(F)(F)F)C(F)(F)F. The smallest absolute Gasteiger partial charge is 0.391 e. The average molecular weight is 540 g/mol. The van der Waals surface area contributed by atoms with Gasteiger partial charge in [0, 0.05) is 0 Å². The molecule has 3 atom stereocenters. The molecule has 0 spiro atoms. The number of rotatable bonds is 10. The van der Waals surface area contributed by atoms with Crippen molar-refractivity contribution in [3.63, 3.8) is 0 Å². The van der Waals surface area contributed by atoms with E-state index in [1.54, 1.807) is 0 Å². The van der Waals surface area contributed by atoms with E-state index in [4.69, 9.17) is 5.11 Å². The summed E-state index contributed by atoms with van der Waals surface area (Å²) in [5, 5.41) is 8.70. The molecule has 0 aromatic heterocycles. The van der Waals surface area contributed by atoms with E-state index in [0.29, 0.717) is 0 Å². The van der Waals surface area contributed by atoms with Crippen LogP contribution in [0.25, 0.3) is 0 Å². The maximum absolute atomic E-state index is 13.9. The molecule has 0 saturated carbocycles. The highest BCUT2D eigenvalue weighted by molar-refractivity contribution is 4.95. The van der Waals surface area contributed by atoms with E-state index in [1.165, 1.54) is 4.74 Å². The number of hydrogen-bond acceptors (Lipinski definition) is 4. The van der Waals surface area contributed by atoms with Crippen LogP contribution in [0.3, 0.4) is 0 Å². The van der Waals surface area contributed by atoms with Crippen LogP contribution in [0.15, 0.2) is 0 Å². The van der Waals surface area contributed by atoms with Crippen LogP contribution in [0, 0.1) is 0 Å². The van der Waals surface area contributed by atoms with Gasteiger partial charge in [0.25, 0.3) is 0 Å². The van der Waals surface area contributed by atoms with Gasteiger partial charge in [-0.3, -0.25) is 9.47 Å². The van der Waals surface area contributed by atoms with E-state index in [0.717, 1.165) is 6.92 Å². The van der Waals surface area contributed by atoms with Crippen LogP contribution >= 0.6 is 0 Å². The van der Waals surface area contributed by atoms with Gasteiger partial charge in [-0.15, -0.1) is 0 Å². The minimum Gasteiger partial charge on any atom is -0.391 e. The molecule has 0 fully saturated rings. The topological polar surface area (TPSA) is 47.9 Å². The molecule has 0 heterocycles. The normalized spacial score (nSPS) is 19.7. The van der Waals surface area contributed by atoms with Crippen LogP contribution in [0.5, 0.6) is 0 Å². The molecule has 200 valence electrons. The van der Waals surface area contributed by atoms with E-state index in [1.807, 2.05) is 4.74 Å². The van der Waals surface area contributed by atoms with Gasteiger partial charge >= 0.3 is 48.4 Å². The molecule has 0 aromatic rings. The Morgan fingerprint density at radius 3 is 1.33 bits per heavy atom. The summed E-state index contributed by atoms with van der Waals surface area (Å²) in [6.07, 6.45) is -39.6. The van der Waals surface area contributed by atoms with E-state index in [-0.39, 0.29) is 0 Å². The molecule has 0 saturated heterocycles. The summed E-state index contributed by atoms with van der Waals surface area (Å²) >= 11 is 0. The molecule has 0 aliphatic heterocycles. The van der Waals surface area contributed by atoms with Crippen LogP contribution in [0.4, 0.5) is 74.6 Å². The first-order chi connectivity index (χ1) is 14.1. The molecular weight excluding hydrogens is 531 g/mol. The highest BCUT2D eigenvalue weighted by Crippen LogP contribution is 2.56. The Morgan fingerprint density at radius 2 is 1.03 bits per heavy atom. The monoisotopic (exact) mass is 540 g/mol. The molecule has 0 amide bonds. The zero-order valence-electron chi connectivity index (χ0n) is 15.1. The quantitative estimate of drug-likeness (QED) is 0.385. The molecule has 33 heavy (non-hydrogen) atoms. The predicted octanol–water partition coefficient (Wildman–Crippen LogP) is 5.26. The van der Waals surface area contributed by atoms with E-state index in [9.17, 15) is 74.6 Å². The van der Waals surface area contributed by atoms with Gasteiger partial charge in [0.15, 0.2) is 0 Å². The second-order valence-electron chi connectivity index (χ2n) is 5.99. The molecule has 4 nitrogen and oxygen atoms in total. The number of aliphatic hydroxyl groups excluding tert-OH is 1. The van der Waals surface area contributed by atoms with Crippen LogP contribution in [-0.2, 0) is 14.2 Å². The first-order valence-electron chi connectivity index (χ1n) is 7.45. The molecule has 0 radical (unpaired) electrons. The van der Waals surface area contributed by atoms with Crippen molar-refractivity contribution in [3.8, 4) is 0 Å². The van der Waals surface area contributed by atoms with Gasteiger partial charge in [-0.1, -0.05) is 0 Å². The number of hydrogen-bond donors (Lipinski definition) is 1. The second-order valence-corrected chi connectivity index (χ2v) is 5.99. The first-order valence-corrected chi connectivity index (χ1v) is 7.45. The van der Waals surface area contributed by atoms with Crippen molar-refractivity contribution in [2.24, 2.45) is 0 Å². The Hall–Kier alpha value is -1.35. The zero-order chi connectivity index (χ0) is 27.1. The molecule has 1 N–H and O–H groups in total. The predicted molar refractivity (Wildman–Crippen MR) is 65.4 cm³/mol. The van der Waals surface area contributed by atoms with Crippen molar-refractivity contribution < 1.29 is 94.0 Å². The summed E-state index contributed by atoms with van der Waals surface area (Å²) in [6.45, 7) is -3.56. The minimum atomic E-state index is -7.93. The summed E-state index contributed by atoms with van der Waals surface area (Å²) in [6, 6.07) is 0. The Kier molecular flexibility index (Phi) is 8.65. The molecule has 0 bridgehead atoms. The van der Waals surface area contributed by atoms with Gasteiger partial charge < -0.3 is 9.84 Å². The third kappa shape index (κ3) is 6.41. The Bertz CT molecular complexity index is 654. The number of halogens is 17. The van der Waals surface area contributed by atoms with Gasteiger partial charge in [-0.05, 0) is 6.92 Å². The molecule has 0 aromatic carbocycles. The van der Waals surface area contributed by atoms with Crippen LogP contribution < -0.4 is 0 Å². The highest BCUT2D eigenvalue weighted by Gasteiger charge is 2.85. The molecule has 0 aliphatic carbocycles. The summed E-state index contributed by atoms with van der Waals surface area (Å²) < 4.78 is 225. The third-order valence-corrected chi connectivity index (χ3v) is 3.09. The molecule has 0 rings (SSSR count).